The van der Waals surface area contributed by atoms with E-state index < -0.39 is 0 Å². The lowest BCUT2D eigenvalue weighted by Crippen LogP contribution is -2.40. The molecule has 106 valence electrons. The zero-order valence-electron chi connectivity index (χ0n) is 11.4. The zero-order chi connectivity index (χ0) is 13.8. The average molecular weight is 329 g/mol. The second-order valence-electron chi connectivity index (χ2n) is 5.38. The number of benzene rings is 1. The van der Waals surface area contributed by atoms with Crippen LogP contribution in [0.5, 0.6) is 0 Å². The monoisotopic (exact) mass is 328 g/mol. The van der Waals surface area contributed by atoms with Gasteiger partial charge in [0.25, 0.3) is 0 Å². The van der Waals surface area contributed by atoms with E-state index in [1.807, 2.05) is 12.1 Å². The molecular formula is C15H22BrFN2. The Morgan fingerprint density at radius 1 is 1.32 bits per heavy atom. The summed E-state index contributed by atoms with van der Waals surface area (Å²) in [6.07, 6.45) is 4.59. The molecule has 1 fully saturated rings. The number of hydrogen-bond acceptors (Lipinski definition) is 2. The lowest BCUT2D eigenvalue weighted by Gasteiger charge is -2.35. The number of rotatable bonds is 4. The van der Waals surface area contributed by atoms with Gasteiger partial charge in [-0.2, -0.15) is 0 Å². The van der Waals surface area contributed by atoms with Gasteiger partial charge in [-0.15, -0.1) is 0 Å². The second kappa shape index (κ2) is 6.82. The van der Waals surface area contributed by atoms with E-state index in [1.54, 1.807) is 0 Å². The summed E-state index contributed by atoms with van der Waals surface area (Å²) < 4.78 is 13.8. The Morgan fingerprint density at radius 3 is 2.58 bits per heavy atom. The highest BCUT2D eigenvalue weighted by Gasteiger charge is 2.23. The summed E-state index contributed by atoms with van der Waals surface area (Å²) in [7, 11) is 0. The first-order valence-corrected chi connectivity index (χ1v) is 7.83. The number of nitrogens with two attached hydrogens (primary N) is 1. The Balaban J connectivity index is 2.00. The summed E-state index contributed by atoms with van der Waals surface area (Å²) in [5.74, 6) is -0.199. The lowest BCUT2D eigenvalue weighted by atomic mass is 9.90. The van der Waals surface area contributed by atoms with Crippen LogP contribution in [0.2, 0.25) is 0 Å². The molecule has 1 aliphatic rings. The molecule has 0 atom stereocenters. The molecule has 2 nitrogen and oxygen atoms in total. The molecule has 2 rings (SSSR count). The van der Waals surface area contributed by atoms with Crippen molar-refractivity contribution in [1.82, 2.24) is 4.90 Å². The second-order valence-corrected chi connectivity index (χ2v) is 6.23. The minimum Gasteiger partial charge on any atom is -0.328 e. The van der Waals surface area contributed by atoms with Crippen LogP contribution in [-0.4, -0.2) is 23.5 Å². The molecule has 0 amide bonds. The van der Waals surface area contributed by atoms with Crippen LogP contribution < -0.4 is 5.73 Å². The van der Waals surface area contributed by atoms with E-state index in [0.29, 0.717) is 16.6 Å². The molecule has 19 heavy (non-hydrogen) atoms. The van der Waals surface area contributed by atoms with E-state index in [4.69, 9.17) is 5.73 Å². The van der Waals surface area contributed by atoms with Gasteiger partial charge in [-0.05, 0) is 65.9 Å². The van der Waals surface area contributed by atoms with Crippen molar-refractivity contribution < 1.29 is 4.39 Å². The van der Waals surface area contributed by atoms with Crippen molar-refractivity contribution in [2.45, 2.75) is 51.2 Å². The summed E-state index contributed by atoms with van der Waals surface area (Å²) in [6.45, 7) is 4.09. The molecule has 1 aromatic carbocycles. The van der Waals surface area contributed by atoms with Crippen LogP contribution in [0.25, 0.3) is 0 Å². The SMILES string of the molecule is CCN(Cc1ccc(F)c(Br)c1)C1CCC(N)CC1. The molecule has 1 aromatic rings. The first-order chi connectivity index (χ1) is 9.10. The Morgan fingerprint density at radius 2 is 2.00 bits per heavy atom. The largest absolute Gasteiger partial charge is 0.328 e. The summed E-state index contributed by atoms with van der Waals surface area (Å²) in [6, 6.07) is 6.29. The number of nitrogens with zero attached hydrogens (tertiary/aromatic N) is 1. The van der Waals surface area contributed by atoms with Crippen molar-refractivity contribution >= 4 is 15.9 Å². The van der Waals surface area contributed by atoms with E-state index in [2.05, 4.69) is 27.8 Å². The third-order valence-electron chi connectivity index (χ3n) is 4.03. The molecule has 0 aromatic heterocycles. The molecule has 2 N–H and O–H groups in total. The highest BCUT2D eigenvalue weighted by Crippen LogP contribution is 2.24. The van der Waals surface area contributed by atoms with E-state index in [1.165, 1.54) is 18.9 Å². The van der Waals surface area contributed by atoms with Crippen molar-refractivity contribution in [2.24, 2.45) is 5.73 Å². The van der Waals surface area contributed by atoms with Crippen LogP contribution in [0.1, 0.15) is 38.2 Å². The summed E-state index contributed by atoms with van der Waals surface area (Å²) >= 11 is 3.25. The highest BCUT2D eigenvalue weighted by atomic mass is 79.9. The summed E-state index contributed by atoms with van der Waals surface area (Å²) in [4.78, 5) is 2.48. The average Bonchev–Trinajstić information content (AvgIpc) is 2.41. The molecule has 1 aliphatic carbocycles. The fourth-order valence-corrected chi connectivity index (χ4v) is 3.26. The molecule has 0 saturated heterocycles. The van der Waals surface area contributed by atoms with Crippen molar-refractivity contribution in [2.75, 3.05) is 6.54 Å². The first-order valence-electron chi connectivity index (χ1n) is 7.03. The molecule has 0 bridgehead atoms. The van der Waals surface area contributed by atoms with Crippen LogP contribution in [0.15, 0.2) is 22.7 Å². The van der Waals surface area contributed by atoms with E-state index >= 15 is 0 Å². The highest BCUT2D eigenvalue weighted by molar-refractivity contribution is 9.10. The number of hydrogen-bond donors (Lipinski definition) is 1. The molecule has 0 spiro atoms. The number of halogens is 2. The normalized spacial score (nSPS) is 23.8. The zero-order valence-corrected chi connectivity index (χ0v) is 13.0. The third kappa shape index (κ3) is 4.01. The fourth-order valence-electron chi connectivity index (χ4n) is 2.84. The Kier molecular flexibility index (Phi) is 5.37. The quantitative estimate of drug-likeness (QED) is 0.913. The predicted octanol–water partition coefficient (Wildman–Crippen LogP) is 3.68. The van der Waals surface area contributed by atoms with Crippen molar-refractivity contribution in [1.29, 1.82) is 0 Å². The Hall–Kier alpha value is -0.450. The van der Waals surface area contributed by atoms with Gasteiger partial charge in [0.1, 0.15) is 5.82 Å². The van der Waals surface area contributed by atoms with Crippen molar-refractivity contribution in [3.05, 3.63) is 34.1 Å². The van der Waals surface area contributed by atoms with Gasteiger partial charge in [0.15, 0.2) is 0 Å². The topological polar surface area (TPSA) is 29.3 Å². The van der Waals surface area contributed by atoms with Gasteiger partial charge in [0, 0.05) is 18.6 Å². The maximum Gasteiger partial charge on any atom is 0.137 e. The van der Waals surface area contributed by atoms with Crippen LogP contribution in [0.3, 0.4) is 0 Å². The fraction of sp³-hybridized carbons (Fsp3) is 0.600. The minimum atomic E-state index is -0.199. The Labute approximate surface area is 123 Å². The smallest absolute Gasteiger partial charge is 0.137 e. The van der Waals surface area contributed by atoms with Crippen molar-refractivity contribution in [3.63, 3.8) is 0 Å². The molecule has 4 heteroatoms. The molecule has 0 aliphatic heterocycles. The van der Waals surface area contributed by atoms with E-state index in [-0.39, 0.29) is 5.82 Å². The lowest BCUT2D eigenvalue weighted by molar-refractivity contribution is 0.149. The van der Waals surface area contributed by atoms with Gasteiger partial charge in [0.05, 0.1) is 4.47 Å². The van der Waals surface area contributed by atoms with Crippen LogP contribution in [0.4, 0.5) is 4.39 Å². The molecular weight excluding hydrogens is 307 g/mol. The summed E-state index contributed by atoms with van der Waals surface area (Å²) in [5.41, 5.74) is 7.12. The van der Waals surface area contributed by atoms with Gasteiger partial charge in [-0.3, -0.25) is 4.90 Å². The standard InChI is InChI=1S/C15H22BrFN2/c1-2-19(13-6-4-12(18)5-7-13)10-11-3-8-15(17)14(16)9-11/h3,8-9,12-13H,2,4-7,10,18H2,1H3. The van der Waals surface area contributed by atoms with Crippen LogP contribution >= 0.6 is 15.9 Å². The predicted molar refractivity (Wildman–Crippen MR) is 80.4 cm³/mol. The van der Waals surface area contributed by atoms with Crippen LogP contribution in [0, 0.1) is 5.82 Å². The van der Waals surface area contributed by atoms with Gasteiger partial charge in [0.2, 0.25) is 0 Å². The van der Waals surface area contributed by atoms with E-state index in [9.17, 15) is 4.39 Å². The minimum absolute atomic E-state index is 0.199. The van der Waals surface area contributed by atoms with Gasteiger partial charge in [-0.25, -0.2) is 4.39 Å². The molecule has 0 heterocycles. The molecule has 0 radical (unpaired) electrons. The molecule has 0 unspecified atom stereocenters. The maximum atomic E-state index is 13.2. The first kappa shape index (κ1) is 14.9. The maximum absolute atomic E-state index is 13.2. The van der Waals surface area contributed by atoms with E-state index in [0.717, 1.165) is 31.5 Å². The third-order valence-corrected chi connectivity index (χ3v) is 4.64. The van der Waals surface area contributed by atoms with Gasteiger partial charge < -0.3 is 5.73 Å². The van der Waals surface area contributed by atoms with Gasteiger partial charge >= 0.3 is 0 Å². The van der Waals surface area contributed by atoms with Crippen LogP contribution in [-0.2, 0) is 6.54 Å². The Bertz CT molecular complexity index is 417. The summed E-state index contributed by atoms with van der Waals surface area (Å²) in [5, 5.41) is 0. The van der Waals surface area contributed by atoms with Crippen molar-refractivity contribution in [3.8, 4) is 0 Å². The molecule has 1 saturated carbocycles. The van der Waals surface area contributed by atoms with Gasteiger partial charge in [-0.1, -0.05) is 13.0 Å².